The topological polar surface area (TPSA) is 115 Å². The summed E-state index contributed by atoms with van der Waals surface area (Å²) in [5.74, 6) is -0.248. The highest BCUT2D eigenvalue weighted by atomic mass is 16.6. The maximum absolute atomic E-state index is 12.6. The molecule has 2 fully saturated rings. The number of nitro groups is 1. The highest BCUT2D eigenvalue weighted by Crippen LogP contribution is 2.29. The normalized spacial score (nSPS) is 18.2. The third kappa shape index (κ3) is 6.91. The van der Waals surface area contributed by atoms with E-state index in [1.54, 1.807) is 4.90 Å². The molecule has 0 aliphatic carbocycles. The van der Waals surface area contributed by atoms with Gasteiger partial charge in [-0.3, -0.25) is 19.8 Å². The summed E-state index contributed by atoms with van der Waals surface area (Å²) < 4.78 is 16.0. The van der Waals surface area contributed by atoms with Gasteiger partial charge in [0.05, 0.1) is 31.4 Å². The van der Waals surface area contributed by atoms with Gasteiger partial charge in [-0.15, -0.1) is 0 Å². The largest absolute Gasteiger partial charge is 0.484 e. The predicted molar refractivity (Wildman–Crippen MR) is 110 cm³/mol. The second-order valence-electron chi connectivity index (χ2n) is 6.72. The Hall–Kier alpha value is -2.27. The van der Waals surface area contributed by atoms with Gasteiger partial charge in [0.1, 0.15) is 12.7 Å². The van der Waals surface area contributed by atoms with E-state index in [1.165, 1.54) is 18.2 Å². The molecule has 0 radical (unpaired) electrons. The van der Waals surface area contributed by atoms with Gasteiger partial charge in [-0.05, 0) is 6.07 Å². The molecular formula is C20H31N3O7. The van der Waals surface area contributed by atoms with Crippen molar-refractivity contribution in [2.75, 3.05) is 65.8 Å². The number of hydrogen-bond acceptors (Lipinski definition) is 8. The lowest BCUT2D eigenvalue weighted by Crippen LogP contribution is -2.42. The van der Waals surface area contributed by atoms with Crippen molar-refractivity contribution in [1.82, 2.24) is 9.80 Å². The number of nitro benzene ring substituents is 1. The van der Waals surface area contributed by atoms with Gasteiger partial charge in [-0.1, -0.05) is 13.8 Å². The van der Waals surface area contributed by atoms with Crippen molar-refractivity contribution in [1.29, 1.82) is 0 Å². The first-order valence-corrected chi connectivity index (χ1v) is 10.3. The van der Waals surface area contributed by atoms with Crippen LogP contribution >= 0.6 is 0 Å². The minimum Gasteiger partial charge on any atom is -0.484 e. The van der Waals surface area contributed by atoms with E-state index in [2.05, 4.69) is 0 Å². The number of carbonyl (C=O) groups is 1. The first-order chi connectivity index (χ1) is 14.5. The fraction of sp³-hybridized carbons (Fsp3) is 0.650. The molecule has 1 unspecified atom stereocenters. The average molecular weight is 425 g/mol. The minimum absolute atomic E-state index is 0.0230. The SMILES string of the molecule is CC.O=C(c1ccc([N+](=O)[O-])c(OCC(O)CN2CCOCC2)c1)N1CCOCC1. The van der Waals surface area contributed by atoms with Gasteiger partial charge in [0, 0.05) is 50.4 Å². The number of carbonyl (C=O) groups excluding carboxylic acids is 1. The molecule has 2 aliphatic heterocycles. The first-order valence-electron chi connectivity index (χ1n) is 10.3. The van der Waals surface area contributed by atoms with Crippen molar-refractivity contribution in [2.24, 2.45) is 0 Å². The summed E-state index contributed by atoms with van der Waals surface area (Å²) in [6, 6.07) is 4.06. The summed E-state index contributed by atoms with van der Waals surface area (Å²) in [4.78, 5) is 27.0. The van der Waals surface area contributed by atoms with Crippen molar-refractivity contribution < 1.29 is 29.0 Å². The molecule has 2 saturated heterocycles. The summed E-state index contributed by atoms with van der Waals surface area (Å²) in [5.41, 5.74) is 0.0715. The standard InChI is InChI=1S/C18H25N3O7.C2H6/c22-15(12-19-3-7-26-8-4-19)13-28-17-11-14(1-2-16(17)21(24)25)18(23)20-5-9-27-10-6-20;1-2/h1-2,11,15,22H,3-10,12-13H2;1-2H3. The van der Waals surface area contributed by atoms with Gasteiger partial charge in [0.2, 0.25) is 0 Å². The molecule has 0 aromatic heterocycles. The van der Waals surface area contributed by atoms with Crippen LogP contribution < -0.4 is 4.74 Å². The molecule has 0 spiro atoms. The lowest BCUT2D eigenvalue weighted by atomic mass is 10.1. The van der Waals surface area contributed by atoms with Crippen LogP contribution in [0.3, 0.4) is 0 Å². The average Bonchev–Trinajstić information content (AvgIpc) is 2.79. The van der Waals surface area contributed by atoms with Crippen LogP contribution in [0.25, 0.3) is 0 Å². The Labute approximate surface area is 176 Å². The van der Waals surface area contributed by atoms with Crippen LogP contribution in [0.15, 0.2) is 18.2 Å². The lowest BCUT2D eigenvalue weighted by molar-refractivity contribution is -0.385. The maximum Gasteiger partial charge on any atom is 0.310 e. The summed E-state index contributed by atoms with van der Waals surface area (Å²) in [6.07, 6.45) is -0.809. The van der Waals surface area contributed by atoms with E-state index in [-0.39, 0.29) is 24.0 Å². The van der Waals surface area contributed by atoms with Crippen molar-refractivity contribution in [3.8, 4) is 5.75 Å². The fourth-order valence-electron chi connectivity index (χ4n) is 3.18. The predicted octanol–water partition coefficient (Wildman–Crippen LogP) is 1.17. The second-order valence-corrected chi connectivity index (χ2v) is 6.72. The number of nitrogens with zero attached hydrogens (tertiary/aromatic N) is 3. The Morgan fingerprint density at radius 1 is 1.17 bits per heavy atom. The van der Waals surface area contributed by atoms with E-state index in [1.807, 2.05) is 18.7 Å². The van der Waals surface area contributed by atoms with E-state index < -0.39 is 11.0 Å². The van der Waals surface area contributed by atoms with Gasteiger partial charge >= 0.3 is 5.69 Å². The Kier molecular flexibility index (Phi) is 9.95. The third-order valence-corrected chi connectivity index (χ3v) is 4.71. The Morgan fingerprint density at radius 2 is 1.77 bits per heavy atom. The Balaban J connectivity index is 0.00000155. The van der Waals surface area contributed by atoms with E-state index in [0.29, 0.717) is 51.6 Å². The Morgan fingerprint density at radius 3 is 2.37 bits per heavy atom. The molecular weight excluding hydrogens is 394 g/mol. The smallest absolute Gasteiger partial charge is 0.310 e. The number of hydrogen-bond donors (Lipinski definition) is 1. The van der Waals surface area contributed by atoms with Crippen LogP contribution in [0, 0.1) is 10.1 Å². The molecule has 1 atom stereocenters. The number of morpholine rings is 2. The fourth-order valence-corrected chi connectivity index (χ4v) is 3.18. The Bertz CT molecular complexity index is 689. The summed E-state index contributed by atoms with van der Waals surface area (Å²) >= 11 is 0. The van der Waals surface area contributed by atoms with Gasteiger partial charge in [0.25, 0.3) is 5.91 Å². The summed E-state index contributed by atoms with van der Waals surface area (Å²) in [6.45, 7) is 8.86. The zero-order chi connectivity index (χ0) is 21.9. The van der Waals surface area contributed by atoms with Crippen LogP contribution in [0.1, 0.15) is 24.2 Å². The van der Waals surface area contributed by atoms with E-state index in [4.69, 9.17) is 14.2 Å². The van der Waals surface area contributed by atoms with Crippen molar-refractivity contribution in [3.05, 3.63) is 33.9 Å². The molecule has 1 aromatic carbocycles. The molecule has 3 rings (SSSR count). The van der Waals surface area contributed by atoms with E-state index in [9.17, 15) is 20.0 Å². The zero-order valence-electron chi connectivity index (χ0n) is 17.6. The molecule has 1 amide bonds. The molecule has 10 nitrogen and oxygen atoms in total. The van der Waals surface area contributed by atoms with Gasteiger partial charge in [-0.25, -0.2) is 0 Å². The van der Waals surface area contributed by atoms with Crippen molar-refractivity contribution in [2.45, 2.75) is 20.0 Å². The quantitative estimate of drug-likeness (QED) is 0.511. The third-order valence-electron chi connectivity index (χ3n) is 4.71. The number of β-amino-alcohol motifs (C(OH)–C–C–N with tert-alkyl or cyclic N) is 1. The number of rotatable bonds is 7. The molecule has 2 heterocycles. The van der Waals surface area contributed by atoms with Gasteiger partial charge in [0.15, 0.2) is 5.75 Å². The molecule has 0 bridgehead atoms. The van der Waals surface area contributed by atoms with Gasteiger partial charge in [-0.2, -0.15) is 0 Å². The molecule has 10 heteroatoms. The van der Waals surface area contributed by atoms with Crippen molar-refractivity contribution >= 4 is 11.6 Å². The van der Waals surface area contributed by atoms with Crippen LogP contribution in [0.5, 0.6) is 5.75 Å². The summed E-state index contributed by atoms with van der Waals surface area (Å²) in [7, 11) is 0. The van der Waals surface area contributed by atoms with Crippen LogP contribution in [0.2, 0.25) is 0 Å². The number of benzene rings is 1. The van der Waals surface area contributed by atoms with Crippen molar-refractivity contribution in [3.63, 3.8) is 0 Å². The van der Waals surface area contributed by atoms with Crippen LogP contribution in [0.4, 0.5) is 5.69 Å². The number of aliphatic hydroxyl groups is 1. The minimum atomic E-state index is -0.809. The highest BCUT2D eigenvalue weighted by Gasteiger charge is 2.24. The van der Waals surface area contributed by atoms with Gasteiger partial charge < -0.3 is 24.2 Å². The van der Waals surface area contributed by atoms with E-state index in [0.717, 1.165) is 13.1 Å². The molecule has 0 saturated carbocycles. The maximum atomic E-state index is 12.6. The molecule has 168 valence electrons. The van der Waals surface area contributed by atoms with Crippen LogP contribution in [-0.2, 0) is 9.47 Å². The highest BCUT2D eigenvalue weighted by molar-refractivity contribution is 5.95. The first kappa shape index (κ1) is 24.0. The zero-order valence-corrected chi connectivity index (χ0v) is 17.6. The van der Waals surface area contributed by atoms with E-state index >= 15 is 0 Å². The number of ether oxygens (including phenoxy) is 3. The monoisotopic (exact) mass is 425 g/mol. The molecule has 1 aromatic rings. The summed E-state index contributed by atoms with van der Waals surface area (Å²) in [5, 5.41) is 21.5. The number of aliphatic hydroxyl groups excluding tert-OH is 1. The second kappa shape index (κ2) is 12.4. The molecule has 30 heavy (non-hydrogen) atoms. The lowest BCUT2D eigenvalue weighted by Gasteiger charge is -2.28. The van der Waals surface area contributed by atoms with Crippen LogP contribution in [-0.4, -0.2) is 97.6 Å². The molecule has 2 aliphatic rings. The number of amides is 1. The molecule has 1 N–H and O–H groups in total.